The lowest BCUT2D eigenvalue weighted by Crippen LogP contribution is -2.40. The first-order valence-corrected chi connectivity index (χ1v) is 22.9. The quantitative estimate of drug-likeness (QED) is 0.0318. The number of nitrogens with zero attached hydrogens (tertiary/aromatic N) is 6. The van der Waals surface area contributed by atoms with Crippen LogP contribution in [0.1, 0.15) is 141 Å². The Morgan fingerprint density at radius 1 is 0.902 bits per heavy atom. The van der Waals surface area contributed by atoms with E-state index in [-0.39, 0.29) is 45.8 Å². The molecule has 0 spiro atoms. The van der Waals surface area contributed by atoms with Gasteiger partial charge in [-0.15, -0.1) is 0 Å². The highest BCUT2D eigenvalue weighted by molar-refractivity contribution is 7.26. The summed E-state index contributed by atoms with van der Waals surface area (Å²) in [6, 6.07) is 1.32. The van der Waals surface area contributed by atoms with Crippen molar-refractivity contribution in [3.05, 3.63) is 45.8 Å². The van der Waals surface area contributed by atoms with E-state index in [0.29, 0.717) is 43.5 Å². The molecule has 5 heterocycles. The van der Waals surface area contributed by atoms with Crippen LogP contribution < -0.4 is 17.0 Å². The first-order chi connectivity index (χ1) is 29.8. The second-order valence-corrected chi connectivity index (χ2v) is 16.2. The van der Waals surface area contributed by atoms with Crippen LogP contribution in [0.3, 0.4) is 0 Å². The van der Waals surface area contributed by atoms with Crippen molar-refractivity contribution in [3.63, 3.8) is 0 Å². The summed E-state index contributed by atoms with van der Waals surface area (Å²) in [6.07, 6.45) is 24.0. The maximum Gasteiger partial charge on any atom is 0.330 e. The number of hydrogen-bond acceptors (Lipinski definition) is 14. The molecule has 3 aromatic rings. The minimum absolute atomic E-state index is 0.0144. The fourth-order valence-corrected chi connectivity index (χ4v) is 8.22. The number of nitrogens with two attached hydrogens (primary N) is 1. The molecule has 2 fully saturated rings. The summed E-state index contributed by atoms with van der Waals surface area (Å²) in [5.74, 6) is 0.130. The first kappa shape index (κ1) is 52.0. The monoisotopic (exact) mass is 881 g/mol. The molecular weight excluding hydrogens is 807 g/mol. The largest absolute Gasteiger partial charge is 0.400 e. The fraction of sp³-hybridized carbons (Fsp3) is 0.762. The van der Waals surface area contributed by atoms with Crippen molar-refractivity contribution < 1.29 is 38.2 Å². The number of methoxy groups -OCH3 is 1. The molecule has 2 aliphatic heterocycles. The van der Waals surface area contributed by atoms with Crippen molar-refractivity contribution in [2.45, 2.75) is 154 Å². The van der Waals surface area contributed by atoms with Crippen LogP contribution in [0.5, 0.6) is 0 Å². The number of unbranched alkanes of at least 4 members (excludes halogenated alkanes) is 14. The number of aliphatic hydroxyl groups excluding tert-OH is 1. The third-order valence-electron chi connectivity index (χ3n) is 11.0. The van der Waals surface area contributed by atoms with Gasteiger partial charge in [-0.2, -0.15) is 4.67 Å². The molecule has 19 heteroatoms. The number of nitrogens with one attached hydrogen (secondary N) is 1. The predicted octanol–water partition coefficient (Wildman–Crippen LogP) is 6.60. The lowest BCUT2D eigenvalue weighted by atomic mass is 9.96. The molecular formula is C42H73N8O10P. The van der Waals surface area contributed by atoms with Crippen LogP contribution in [-0.2, 0) is 33.1 Å². The van der Waals surface area contributed by atoms with Crippen LogP contribution in [0.25, 0.3) is 11.2 Å². The summed E-state index contributed by atoms with van der Waals surface area (Å²) in [5, 5.41) is 7.00. The van der Waals surface area contributed by atoms with Gasteiger partial charge < -0.3 is 34.5 Å². The van der Waals surface area contributed by atoms with E-state index in [4.69, 9.17) is 29.5 Å². The zero-order valence-corrected chi connectivity index (χ0v) is 38.1. The summed E-state index contributed by atoms with van der Waals surface area (Å²) in [7, 11) is 5.33. The summed E-state index contributed by atoms with van der Waals surface area (Å²) >= 11 is 0. The zero-order chi connectivity index (χ0) is 44.2. The molecule has 346 valence electrons. The van der Waals surface area contributed by atoms with Gasteiger partial charge in [-0.25, -0.2) is 24.6 Å². The Balaban J connectivity index is 0.00000190. The van der Waals surface area contributed by atoms with Gasteiger partial charge in [0.1, 0.15) is 24.3 Å². The SMILES string of the molecule is CCCCCCCCCCCCCCCCCN(CC1CCC(n2ccc(=O)[nH]c2=O)O1)C(=O)C[C@H]1CC(n2cnc3c(N)ncnc32)OC1COPOOC.CO.COC. The number of carbonyl (C=O) groups is 1. The molecule has 2 saturated heterocycles. The van der Waals surface area contributed by atoms with Gasteiger partial charge in [0.25, 0.3) is 5.56 Å². The van der Waals surface area contributed by atoms with Gasteiger partial charge in [-0.3, -0.25) is 23.7 Å². The molecule has 0 saturated carbocycles. The summed E-state index contributed by atoms with van der Waals surface area (Å²) in [5.41, 5.74) is 6.14. The molecule has 18 nitrogen and oxygen atoms in total. The van der Waals surface area contributed by atoms with Crippen LogP contribution in [0.2, 0.25) is 0 Å². The maximum atomic E-state index is 14.3. The van der Waals surface area contributed by atoms with E-state index in [9.17, 15) is 14.4 Å². The van der Waals surface area contributed by atoms with E-state index in [1.807, 2.05) is 9.47 Å². The number of carbonyl (C=O) groups excluding carboxylic acids is 1. The Kier molecular flexibility index (Phi) is 26.1. The van der Waals surface area contributed by atoms with E-state index in [1.165, 1.54) is 107 Å². The normalized spacial score (nSPS) is 19.9. The molecule has 4 N–H and O–H groups in total. The maximum absolute atomic E-state index is 14.3. The Morgan fingerprint density at radius 2 is 1.54 bits per heavy atom. The van der Waals surface area contributed by atoms with Crippen LogP contribution in [0.4, 0.5) is 5.82 Å². The predicted molar refractivity (Wildman–Crippen MR) is 236 cm³/mol. The van der Waals surface area contributed by atoms with Gasteiger partial charge in [0.15, 0.2) is 20.5 Å². The molecule has 0 aromatic carbocycles. The molecule has 3 aromatic heterocycles. The number of hydrogen-bond donors (Lipinski definition) is 3. The molecule has 0 bridgehead atoms. The van der Waals surface area contributed by atoms with E-state index in [1.54, 1.807) is 20.5 Å². The second-order valence-electron chi connectivity index (χ2n) is 15.6. The Bertz CT molecular complexity index is 1750. The number of aromatic amines is 1. The van der Waals surface area contributed by atoms with Gasteiger partial charge in [-0.05, 0) is 25.7 Å². The third-order valence-corrected chi connectivity index (χ3v) is 11.5. The van der Waals surface area contributed by atoms with Gasteiger partial charge >= 0.3 is 5.69 Å². The Labute approximate surface area is 362 Å². The number of amides is 1. The Morgan fingerprint density at radius 3 is 2.16 bits per heavy atom. The third kappa shape index (κ3) is 18.1. The smallest absolute Gasteiger partial charge is 0.330 e. The number of H-pyrrole nitrogens is 1. The molecule has 5 rings (SSSR count). The molecule has 6 atom stereocenters. The average molecular weight is 881 g/mol. The molecule has 0 aliphatic carbocycles. The van der Waals surface area contributed by atoms with Gasteiger partial charge in [-0.1, -0.05) is 96.8 Å². The number of ether oxygens (including phenoxy) is 3. The summed E-state index contributed by atoms with van der Waals surface area (Å²) < 4.78 is 31.0. The average Bonchev–Trinajstić information content (AvgIpc) is 4.01. The molecule has 2 aliphatic rings. The van der Waals surface area contributed by atoms with Gasteiger partial charge in [0, 0.05) is 59.0 Å². The van der Waals surface area contributed by atoms with Crippen LogP contribution >= 0.6 is 9.03 Å². The minimum Gasteiger partial charge on any atom is -0.400 e. The minimum atomic E-state index is -0.505. The van der Waals surface area contributed by atoms with Crippen molar-refractivity contribution in [1.82, 2.24) is 34.0 Å². The van der Waals surface area contributed by atoms with Crippen molar-refractivity contribution in [3.8, 4) is 0 Å². The molecule has 5 unspecified atom stereocenters. The summed E-state index contributed by atoms with van der Waals surface area (Å²) in [6.45, 7) is 3.50. The second kappa shape index (κ2) is 30.7. The zero-order valence-electron chi connectivity index (χ0n) is 37.1. The molecule has 1 amide bonds. The van der Waals surface area contributed by atoms with Crippen molar-refractivity contribution >= 4 is 31.9 Å². The van der Waals surface area contributed by atoms with Gasteiger partial charge in [0.2, 0.25) is 5.91 Å². The van der Waals surface area contributed by atoms with E-state index < -0.39 is 29.8 Å². The van der Waals surface area contributed by atoms with Crippen LogP contribution in [0.15, 0.2) is 34.5 Å². The first-order valence-electron chi connectivity index (χ1n) is 22.0. The van der Waals surface area contributed by atoms with Crippen molar-refractivity contribution in [2.24, 2.45) is 5.92 Å². The van der Waals surface area contributed by atoms with E-state index >= 15 is 0 Å². The highest BCUT2D eigenvalue weighted by atomic mass is 31.1. The molecule has 61 heavy (non-hydrogen) atoms. The number of nitrogen functional groups attached to an aromatic ring is 1. The van der Waals surface area contributed by atoms with Crippen molar-refractivity contribution in [2.75, 3.05) is 53.9 Å². The number of aromatic nitrogens is 6. The van der Waals surface area contributed by atoms with Crippen molar-refractivity contribution in [1.29, 1.82) is 0 Å². The summed E-state index contributed by atoms with van der Waals surface area (Å²) in [4.78, 5) is 60.1. The highest BCUT2D eigenvalue weighted by Crippen LogP contribution is 2.39. The fourth-order valence-electron chi connectivity index (χ4n) is 7.87. The number of fused-ring (bicyclic) bond motifs is 1. The topological polar surface area (TPSA) is 220 Å². The lowest BCUT2D eigenvalue weighted by Gasteiger charge is -2.28. The van der Waals surface area contributed by atoms with E-state index in [0.717, 1.165) is 26.4 Å². The number of imidazole rings is 1. The number of aliphatic hydroxyl groups is 1. The standard InChI is InChI=1S/C39H63N8O8P.C2H6O.CH4O/c1-3-4-5-6-7-8-9-10-11-12-13-14-15-16-17-21-45(25-30-18-19-34(53-30)46-22-20-32(48)44-39(46)50)33(49)23-29-24-35(54-31(29)26-52-56-55-51-2)47-28-43-36-37(40)41-27-42-38(36)47;1-3-2;1-2/h20,22,27-31,34-35,56H,3-19,21,23-26H2,1-2H3,(H2,40,41,42)(H,44,48,50);1-2H3;2H,1H3/t29-,30?,31?,34?,35?;;/m0../s1. The van der Waals surface area contributed by atoms with Gasteiger partial charge in [0.05, 0.1) is 32.3 Å². The number of rotatable bonds is 27. The van der Waals surface area contributed by atoms with E-state index in [2.05, 4.69) is 36.5 Å². The Hall–Kier alpha value is -3.35. The highest BCUT2D eigenvalue weighted by Gasteiger charge is 2.40. The van der Waals surface area contributed by atoms with Crippen LogP contribution in [0, 0.1) is 5.92 Å². The number of anilines is 1. The van der Waals surface area contributed by atoms with Crippen LogP contribution in [-0.4, -0.2) is 105 Å². The lowest BCUT2D eigenvalue weighted by molar-refractivity contribution is -0.175. The molecule has 0 radical (unpaired) electrons.